The molecule has 2 rings (SSSR count). The Kier molecular flexibility index (Phi) is 3.01. The molecular weight excluding hydrogens is 205 g/mol. The van der Waals surface area contributed by atoms with Gasteiger partial charge in [-0.15, -0.1) is 0 Å². The third-order valence-electron chi connectivity index (χ3n) is 2.57. The lowest BCUT2D eigenvalue weighted by molar-refractivity contribution is 0.607. The number of halogens is 1. The van der Waals surface area contributed by atoms with E-state index in [9.17, 15) is 4.39 Å². The van der Waals surface area contributed by atoms with Crippen LogP contribution in [0.25, 0.3) is 5.69 Å². The lowest BCUT2D eigenvalue weighted by Crippen LogP contribution is -2.09. The topological polar surface area (TPSA) is 43.8 Å². The molecule has 0 fully saturated rings. The number of nitrogens with zero attached hydrogens (tertiary/aromatic N) is 2. The summed E-state index contributed by atoms with van der Waals surface area (Å²) >= 11 is 0. The van der Waals surface area contributed by atoms with Crippen molar-refractivity contribution in [3.05, 3.63) is 47.8 Å². The molecule has 0 bridgehead atoms. The van der Waals surface area contributed by atoms with E-state index in [1.807, 2.05) is 23.8 Å². The molecule has 84 valence electrons. The number of benzene rings is 1. The quantitative estimate of drug-likeness (QED) is 0.855. The van der Waals surface area contributed by atoms with Crippen molar-refractivity contribution in [3.8, 4) is 5.69 Å². The monoisotopic (exact) mass is 219 g/mol. The Morgan fingerprint density at radius 2 is 2.25 bits per heavy atom. The van der Waals surface area contributed by atoms with E-state index in [0.717, 1.165) is 11.5 Å². The maximum Gasteiger partial charge on any atom is 0.128 e. The van der Waals surface area contributed by atoms with Crippen LogP contribution in [0.15, 0.2) is 30.6 Å². The van der Waals surface area contributed by atoms with Gasteiger partial charge in [0.05, 0.1) is 5.69 Å². The van der Waals surface area contributed by atoms with Crippen LogP contribution < -0.4 is 5.73 Å². The fraction of sp³-hybridized carbons (Fsp3) is 0.250. The Bertz CT molecular complexity index is 491. The zero-order valence-corrected chi connectivity index (χ0v) is 9.15. The summed E-state index contributed by atoms with van der Waals surface area (Å²) in [5, 5.41) is 0. The molecule has 3 nitrogen and oxygen atoms in total. The number of rotatable bonds is 3. The zero-order valence-electron chi connectivity index (χ0n) is 9.15. The van der Waals surface area contributed by atoms with Crippen molar-refractivity contribution in [1.29, 1.82) is 0 Å². The van der Waals surface area contributed by atoms with Gasteiger partial charge in [0.2, 0.25) is 0 Å². The molecule has 0 atom stereocenters. The molecule has 0 amide bonds. The molecular formula is C12H14FN3. The molecule has 0 spiro atoms. The van der Waals surface area contributed by atoms with Crippen molar-refractivity contribution in [3.63, 3.8) is 0 Å². The fourth-order valence-electron chi connectivity index (χ4n) is 1.80. The SMILES string of the molecule is Cc1nccn1-c1cccc(F)c1CCN. The number of nitrogens with two attached hydrogens (primary N) is 1. The Morgan fingerprint density at radius 1 is 1.44 bits per heavy atom. The number of aryl methyl sites for hydroxylation is 1. The Hall–Kier alpha value is -1.68. The Balaban J connectivity index is 2.56. The Morgan fingerprint density at radius 3 is 2.88 bits per heavy atom. The minimum Gasteiger partial charge on any atom is -0.330 e. The molecule has 1 aromatic carbocycles. The predicted octanol–water partition coefficient (Wildman–Crippen LogP) is 1.82. The van der Waals surface area contributed by atoms with Crippen molar-refractivity contribution >= 4 is 0 Å². The van der Waals surface area contributed by atoms with Gasteiger partial charge >= 0.3 is 0 Å². The molecule has 0 unspecified atom stereocenters. The predicted molar refractivity (Wildman–Crippen MR) is 61.0 cm³/mol. The number of imidazole rings is 1. The summed E-state index contributed by atoms with van der Waals surface area (Å²) in [5.74, 6) is 0.625. The van der Waals surface area contributed by atoms with Crippen LogP contribution in [0.5, 0.6) is 0 Å². The fourth-order valence-corrected chi connectivity index (χ4v) is 1.80. The molecule has 1 heterocycles. The van der Waals surface area contributed by atoms with E-state index >= 15 is 0 Å². The van der Waals surface area contributed by atoms with Crippen LogP contribution >= 0.6 is 0 Å². The molecule has 0 saturated heterocycles. The average molecular weight is 219 g/mol. The summed E-state index contributed by atoms with van der Waals surface area (Å²) in [5.41, 5.74) is 6.96. The highest BCUT2D eigenvalue weighted by Gasteiger charge is 2.10. The number of hydrogen-bond donors (Lipinski definition) is 1. The van der Waals surface area contributed by atoms with Crippen LogP contribution in [0.1, 0.15) is 11.4 Å². The summed E-state index contributed by atoms with van der Waals surface area (Å²) < 4.78 is 15.5. The lowest BCUT2D eigenvalue weighted by atomic mass is 10.1. The lowest BCUT2D eigenvalue weighted by Gasteiger charge is -2.11. The van der Waals surface area contributed by atoms with Crippen molar-refractivity contribution < 1.29 is 4.39 Å². The molecule has 0 aliphatic carbocycles. The summed E-state index contributed by atoms with van der Waals surface area (Å²) in [6.45, 7) is 2.32. The second-order valence-corrected chi connectivity index (χ2v) is 3.62. The van der Waals surface area contributed by atoms with Gasteiger partial charge in [0, 0.05) is 18.0 Å². The van der Waals surface area contributed by atoms with Gasteiger partial charge in [-0.25, -0.2) is 9.37 Å². The minimum absolute atomic E-state index is 0.212. The third kappa shape index (κ3) is 1.84. The van der Waals surface area contributed by atoms with Crippen molar-refractivity contribution in [1.82, 2.24) is 9.55 Å². The average Bonchev–Trinajstić information content (AvgIpc) is 2.68. The van der Waals surface area contributed by atoms with Gasteiger partial charge in [0.15, 0.2) is 0 Å². The summed E-state index contributed by atoms with van der Waals surface area (Å²) in [7, 11) is 0. The first-order valence-electron chi connectivity index (χ1n) is 5.22. The third-order valence-corrected chi connectivity index (χ3v) is 2.57. The molecule has 1 aromatic heterocycles. The van der Waals surface area contributed by atoms with E-state index in [2.05, 4.69) is 4.98 Å². The zero-order chi connectivity index (χ0) is 11.5. The van der Waals surface area contributed by atoms with Crippen LogP contribution in [-0.4, -0.2) is 16.1 Å². The van der Waals surface area contributed by atoms with Crippen LogP contribution in [0, 0.1) is 12.7 Å². The van der Waals surface area contributed by atoms with Gasteiger partial charge in [-0.05, 0) is 32.0 Å². The first-order valence-corrected chi connectivity index (χ1v) is 5.22. The van der Waals surface area contributed by atoms with E-state index in [-0.39, 0.29) is 5.82 Å². The van der Waals surface area contributed by atoms with E-state index in [4.69, 9.17) is 5.73 Å². The highest BCUT2D eigenvalue weighted by Crippen LogP contribution is 2.19. The van der Waals surface area contributed by atoms with Crippen LogP contribution in [0.2, 0.25) is 0 Å². The smallest absolute Gasteiger partial charge is 0.128 e. The molecule has 0 radical (unpaired) electrons. The van der Waals surface area contributed by atoms with E-state index in [1.165, 1.54) is 6.07 Å². The highest BCUT2D eigenvalue weighted by atomic mass is 19.1. The second-order valence-electron chi connectivity index (χ2n) is 3.62. The first-order chi connectivity index (χ1) is 7.74. The maximum absolute atomic E-state index is 13.7. The van der Waals surface area contributed by atoms with Gasteiger partial charge in [-0.3, -0.25) is 0 Å². The first kappa shape index (κ1) is 10.8. The van der Waals surface area contributed by atoms with Gasteiger partial charge in [0.1, 0.15) is 11.6 Å². The highest BCUT2D eigenvalue weighted by molar-refractivity contribution is 5.43. The van der Waals surface area contributed by atoms with E-state index in [0.29, 0.717) is 18.5 Å². The minimum atomic E-state index is -0.212. The number of aromatic nitrogens is 2. The molecule has 0 aliphatic heterocycles. The van der Waals surface area contributed by atoms with Gasteiger partial charge in [-0.2, -0.15) is 0 Å². The van der Waals surface area contributed by atoms with Crippen LogP contribution in [0.4, 0.5) is 4.39 Å². The number of hydrogen-bond acceptors (Lipinski definition) is 2. The molecule has 16 heavy (non-hydrogen) atoms. The molecule has 4 heteroatoms. The van der Waals surface area contributed by atoms with Gasteiger partial charge < -0.3 is 10.3 Å². The standard InChI is InChI=1S/C12H14FN3/c1-9-15-7-8-16(9)12-4-2-3-11(13)10(12)5-6-14/h2-4,7-8H,5-6,14H2,1H3. The molecule has 0 aliphatic rings. The van der Waals surface area contributed by atoms with Gasteiger partial charge in [0.25, 0.3) is 0 Å². The molecule has 0 saturated carbocycles. The summed E-state index contributed by atoms with van der Waals surface area (Å²) in [6, 6.07) is 5.04. The van der Waals surface area contributed by atoms with E-state index < -0.39 is 0 Å². The maximum atomic E-state index is 13.7. The van der Waals surface area contributed by atoms with E-state index in [1.54, 1.807) is 12.3 Å². The van der Waals surface area contributed by atoms with Crippen molar-refractivity contribution in [2.45, 2.75) is 13.3 Å². The van der Waals surface area contributed by atoms with Crippen LogP contribution in [-0.2, 0) is 6.42 Å². The second kappa shape index (κ2) is 4.45. The molecule has 2 aromatic rings. The normalized spacial score (nSPS) is 10.7. The molecule has 2 N–H and O–H groups in total. The largest absolute Gasteiger partial charge is 0.330 e. The van der Waals surface area contributed by atoms with Crippen molar-refractivity contribution in [2.75, 3.05) is 6.54 Å². The van der Waals surface area contributed by atoms with Crippen molar-refractivity contribution in [2.24, 2.45) is 5.73 Å². The Labute approximate surface area is 93.7 Å². The van der Waals surface area contributed by atoms with Gasteiger partial charge in [-0.1, -0.05) is 6.07 Å². The summed E-state index contributed by atoms with van der Waals surface area (Å²) in [4.78, 5) is 4.13. The summed E-state index contributed by atoms with van der Waals surface area (Å²) in [6.07, 6.45) is 4.05. The van der Waals surface area contributed by atoms with Crippen LogP contribution in [0.3, 0.4) is 0 Å².